The predicted octanol–water partition coefficient (Wildman–Crippen LogP) is 1.71. The summed E-state index contributed by atoms with van der Waals surface area (Å²) in [4.78, 5) is 48.7. The molecule has 0 radical (unpaired) electrons. The summed E-state index contributed by atoms with van der Waals surface area (Å²) < 4.78 is 0. The molecule has 12 heteroatoms. The number of aliphatic hydroxyl groups excluding tert-OH is 2. The number of primary amides is 2. The van der Waals surface area contributed by atoms with Gasteiger partial charge < -0.3 is 31.9 Å². The van der Waals surface area contributed by atoms with E-state index in [2.05, 4.69) is 9.97 Å². The summed E-state index contributed by atoms with van der Waals surface area (Å²) in [5.41, 5.74) is 12.5. The first-order valence-corrected chi connectivity index (χ1v) is 12.3. The molecule has 0 saturated carbocycles. The first-order valence-electron chi connectivity index (χ1n) is 12.3. The van der Waals surface area contributed by atoms with Crippen LogP contribution in [0.1, 0.15) is 31.8 Å². The molecule has 0 fully saturated rings. The molecular weight excluding hydrogens is 544 g/mol. The molecule has 0 aliphatic heterocycles. The van der Waals surface area contributed by atoms with Crippen LogP contribution in [-0.2, 0) is 22.4 Å². The minimum absolute atomic E-state index is 0.163. The summed E-state index contributed by atoms with van der Waals surface area (Å²) in [6.07, 6.45) is 3.84. The van der Waals surface area contributed by atoms with Crippen molar-refractivity contribution in [3.63, 3.8) is 0 Å². The summed E-state index contributed by atoms with van der Waals surface area (Å²) in [5.74, 6) is -3.20. The van der Waals surface area contributed by atoms with E-state index in [4.69, 9.17) is 31.9 Å². The summed E-state index contributed by atoms with van der Waals surface area (Å²) in [6, 6.07) is 24.3. The number of nitrogens with zero attached hydrogens (tertiary/aromatic N) is 2. The van der Waals surface area contributed by atoms with Crippen molar-refractivity contribution in [3.05, 3.63) is 132 Å². The average molecular weight is 577 g/mol. The van der Waals surface area contributed by atoms with Gasteiger partial charge in [0.15, 0.2) is 12.2 Å². The van der Waals surface area contributed by atoms with Crippen LogP contribution < -0.4 is 11.5 Å². The Morgan fingerprint density at radius 3 is 1.05 bits per heavy atom. The second kappa shape index (κ2) is 19.6. The topological polar surface area (TPSA) is 227 Å². The van der Waals surface area contributed by atoms with Crippen LogP contribution in [0.25, 0.3) is 0 Å². The maximum absolute atomic E-state index is 10.4. The number of aliphatic carboxylic acids is 2. The number of amides is 2. The Kier molecular flexibility index (Phi) is 16.1. The number of benzene rings is 2. The monoisotopic (exact) mass is 576 g/mol. The Hall–Kier alpha value is -5.46. The molecule has 0 bridgehead atoms. The Labute approximate surface area is 241 Å². The van der Waals surface area contributed by atoms with Gasteiger partial charge in [-0.1, -0.05) is 60.7 Å². The van der Waals surface area contributed by atoms with Crippen molar-refractivity contribution in [1.29, 1.82) is 0 Å². The molecule has 2 aromatic heterocycles. The number of carboxylic acid groups (broad SMARTS) is 2. The van der Waals surface area contributed by atoms with Gasteiger partial charge in [0.05, 0.1) is 0 Å². The highest BCUT2D eigenvalue weighted by atomic mass is 16.4. The molecule has 42 heavy (non-hydrogen) atoms. The van der Waals surface area contributed by atoms with Crippen LogP contribution >= 0.6 is 0 Å². The quantitative estimate of drug-likeness (QED) is 0.178. The van der Waals surface area contributed by atoms with Crippen LogP contribution in [0.2, 0.25) is 0 Å². The first kappa shape index (κ1) is 34.6. The number of aliphatic hydroxyl groups is 2. The van der Waals surface area contributed by atoms with Crippen LogP contribution in [-0.4, -0.2) is 66.4 Å². The maximum Gasteiger partial charge on any atom is 0.332 e. The smallest absolute Gasteiger partial charge is 0.332 e. The van der Waals surface area contributed by atoms with E-state index in [-0.39, 0.29) is 12.8 Å². The zero-order chi connectivity index (χ0) is 31.3. The summed E-state index contributed by atoms with van der Waals surface area (Å²) >= 11 is 0. The fraction of sp³-hybridized carbons (Fsp3) is 0.133. The minimum atomic E-state index is -1.30. The summed E-state index contributed by atoms with van der Waals surface area (Å²) in [6.45, 7) is 0. The van der Waals surface area contributed by atoms with Crippen LogP contribution in [0.3, 0.4) is 0 Å². The van der Waals surface area contributed by atoms with Crippen molar-refractivity contribution in [2.24, 2.45) is 11.5 Å². The van der Waals surface area contributed by atoms with Gasteiger partial charge in [-0.25, -0.2) is 9.59 Å². The number of hydrogen-bond acceptors (Lipinski definition) is 8. The SMILES string of the molecule is NC(=O)c1ccncc1.NC(=O)c1ccncc1.O=C(O)[C@@H](O)Cc1ccccc1.O=C(O)[C@@H](O)Cc1ccccc1. The van der Waals surface area contributed by atoms with Gasteiger partial charge in [0.2, 0.25) is 11.8 Å². The molecule has 0 aliphatic rings. The van der Waals surface area contributed by atoms with Crippen LogP contribution in [0.15, 0.2) is 110 Å². The third-order valence-electron chi connectivity index (χ3n) is 5.04. The number of aromatic nitrogens is 2. The van der Waals surface area contributed by atoms with Crippen LogP contribution in [0.4, 0.5) is 0 Å². The molecule has 220 valence electrons. The molecule has 8 N–H and O–H groups in total. The van der Waals surface area contributed by atoms with E-state index >= 15 is 0 Å². The van der Waals surface area contributed by atoms with Gasteiger partial charge >= 0.3 is 11.9 Å². The zero-order valence-electron chi connectivity index (χ0n) is 22.4. The maximum atomic E-state index is 10.4. The van der Waals surface area contributed by atoms with Crippen molar-refractivity contribution in [2.45, 2.75) is 25.0 Å². The predicted molar refractivity (Wildman–Crippen MR) is 153 cm³/mol. The number of carbonyl (C=O) groups excluding carboxylic acids is 2. The summed E-state index contributed by atoms with van der Waals surface area (Å²) in [7, 11) is 0. The first-order chi connectivity index (χ1) is 20.0. The van der Waals surface area contributed by atoms with Gasteiger partial charge in [0.25, 0.3) is 0 Å². The third-order valence-corrected chi connectivity index (χ3v) is 5.04. The molecular formula is C30H32N4O8. The lowest BCUT2D eigenvalue weighted by Gasteiger charge is -2.03. The second-order valence-corrected chi connectivity index (χ2v) is 8.29. The van der Waals surface area contributed by atoms with Crippen molar-refractivity contribution in [2.75, 3.05) is 0 Å². The molecule has 0 spiro atoms. The number of pyridine rings is 2. The molecule has 12 nitrogen and oxygen atoms in total. The van der Waals surface area contributed by atoms with E-state index in [1.165, 1.54) is 24.8 Å². The van der Waals surface area contributed by atoms with Crippen LogP contribution in [0.5, 0.6) is 0 Å². The van der Waals surface area contributed by atoms with Gasteiger partial charge in [-0.15, -0.1) is 0 Å². The molecule has 2 amide bonds. The van der Waals surface area contributed by atoms with Crippen molar-refractivity contribution < 1.29 is 39.6 Å². The Bertz CT molecular complexity index is 1250. The largest absolute Gasteiger partial charge is 0.479 e. The number of carboxylic acids is 2. The minimum Gasteiger partial charge on any atom is -0.479 e. The lowest BCUT2D eigenvalue weighted by Crippen LogP contribution is -2.21. The average Bonchev–Trinajstić information content (AvgIpc) is 3.00. The number of nitrogens with two attached hydrogens (primary N) is 2. The van der Waals surface area contributed by atoms with E-state index in [1.54, 1.807) is 48.5 Å². The molecule has 0 saturated heterocycles. The van der Waals surface area contributed by atoms with Crippen molar-refractivity contribution in [3.8, 4) is 0 Å². The molecule has 0 aliphatic carbocycles. The molecule has 4 aromatic rings. The van der Waals surface area contributed by atoms with E-state index in [1.807, 2.05) is 36.4 Å². The van der Waals surface area contributed by atoms with Gasteiger partial charge in [0.1, 0.15) is 0 Å². The zero-order valence-corrected chi connectivity index (χ0v) is 22.4. The number of rotatable bonds is 8. The highest BCUT2D eigenvalue weighted by Crippen LogP contribution is 2.03. The van der Waals surface area contributed by atoms with Crippen molar-refractivity contribution >= 4 is 23.8 Å². The lowest BCUT2D eigenvalue weighted by molar-refractivity contribution is -0.147. The van der Waals surface area contributed by atoms with E-state index in [9.17, 15) is 19.2 Å². The lowest BCUT2D eigenvalue weighted by atomic mass is 10.1. The fourth-order valence-corrected chi connectivity index (χ4v) is 2.88. The second-order valence-electron chi connectivity index (χ2n) is 8.29. The van der Waals surface area contributed by atoms with Gasteiger partial charge in [-0.2, -0.15) is 0 Å². The van der Waals surface area contributed by atoms with Gasteiger partial charge in [-0.3, -0.25) is 19.6 Å². The van der Waals surface area contributed by atoms with E-state index in [0.29, 0.717) is 11.1 Å². The van der Waals surface area contributed by atoms with E-state index < -0.39 is 36.0 Å². The fourth-order valence-electron chi connectivity index (χ4n) is 2.88. The highest BCUT2D eigenvalue weighted by molar-refractivity contribution is 5.92. The molecule has 2 aromatic carbocycles. The van der Waals surface area contributed by atoms with E-state index in [0.717, 1.165) is 11.1 Å². The Morgan fingerprint density at radius 2 is 0.833 bits per heavy atom. The molecule has 2 atom stereocenters. The summed E-state index contributed by atoms with van der Waals surface area (Å²) in [5, 5.41) is 34.7. The Morgan fingerprint density at radius 1 is 0.548 bits per heavy atom. The normalized spacial score (nSPS) is 10.9. The Balaban J connectivity index is 0.000000283. The highest BCUT2D eigenvalue weighted by Gasteiger charge is 2.13. The van der Waals surface area contributed by atoms with Crippen LogP contribution in [0, 0.1) is 0 Å². The molecule has 2 heterocycles. The molecule has 0 unspecified atom stereocenters. The standard InChI is InChI=1S/2C9H10O3.2C6H6N2O/c2*10-8(9(11)12)6-7-4-2-1-3-5-7;2*7-6(9)5-1-3-8-4-2-5/h2*1-5,8,10H,6H2,(H,11,12);2*1-4H,(H2,7,9)/t2*8-;;/m00../s1. The van der Waals surface area contributed by atoms with Crippen molar-refractivity contribution in [1.82, 2.24) is 9.97 Å². The molecule has 4 rings (SSSR count). The van der Waals surface area contributed by atoms with Gasteiger partial charge in [-0.05, 0) is 35.4 Å². The number of carbonyl (C=O) groups is 4. The van der Waals surface area contributed by atoms with Gasteiger partial charge in [0, 0.05) is 48.8 Å². The third kappa shape index (κ3) is 15.2. The number of hydrogen-bond donors (Lipinski definition) is 6.